The zero-order chi connectivity index (χ0) is 20.8. The highest BCUT2D eigenvalue weighted by Gasteiger charge is 2.26. The highest BCUT2D eigenvalue weighted by molar-refractivity contribution is 6.20. The number of nitrogens with one attached hydrogen (secondary N) is 1. The number of benzene rings is 2. The Morgan fingerprint density at radius 1 is 1.24 bits per heavy atom. The number of nitrogens with zero attached hydrogens (tertiary/aromatic N) is 2. The zero-order valence-electron chi connectivity index (χ0n) is 17.1. The van der Waals surface area contributed by atoms with Crippen LogP contribution < -0.4 is 10.2 Å². The van der Waals surface area contributed by atoms with Crippen LogP contribution >= 0.6 is 11.6 Å². The summed E-state index contributed by atoms with van der Waals surface area (Å²) in [6, 6.07) is 18.3. The number of carbonyl (C=O) groups excluding carboxylic acids is 1. The van der Waals surface area contributed by atoms with Gasteiger partial charge in [0.2, 0.25) is 0 Å². The molecule has 2 aromatic rings. The van der Waals surface area contributed by atoms with E-state index in [9.17, 15) is 9.90 Å². The number of hydrogen-bond acceptors (Lipinski definition) is 4. The maximum Gasteiger partial charge on any atom is 0.251 e. The van der Waals surface area contributed by atoms with Crippen LogP contribution in [0.15, 0.2) is 54.6 Å². The van der Waals surface area contributed by atoms with Gasteiger partial charge in [0.1, 0.15) is 0 Å². The normalized spacial score (nSPS) is 19.0. The quantitative estimate of drug-likeness (QED) is 0.649. The molecule has 5 nitrogen and oxygen atoms in total. The Hall–Kier alpha value is -2.08. The molecule has 1 aliphatic rings. The van der Waals surface area contributed by atoms with Gasteiger partial charge in [-0.15, -0.1) is 11.6 Å². The van der Waals surface area contributed by atoms with Crippen LogP contribution in [0.2, 0.25) is 0 Å². The third-order valence-corrected chi connectivity index (χ3v) is 5.75. The Bertz CT molecular complexity index is 782. The van der Waals surface area contributed by atoms with Crippen LogP contribution in [0.25, 0.3) is 0 Å². The van der Waals surface area contributed by atoms with E-state index < -0.39 is 6.10 Å². The fourth-order valence-corrected chi connectivity index (χ4v) is 3.99. The molecule has 6 heteroatoms. The molecule has 0 unspecified atom stereocenters. The largest absolute Gasteiger partial charge is 0.392 e. The summed E-state index contributed by atoms with van der Waals surface area (Å²) < 4.78 is 0. The zero-order valence-corrected chi connectivity index (χ0v) is 17.8. The van der Waals surface area contributed by atoms with E-state index in [0.29, 0.717) is 5.56 Å². The van der Waals surface area contributed by atoms with Gasteiger partial charge < -0.3 is 15.3 Å². The molecule has 2 aromatic carbocycles. The van der Waals surface area contributed by atoms with Crippen molar-refractivity contribution in [2.24, 2.45) is 0 Å². The van der Waals surface area contributed by atoms with Gasteiger partial charge in [-0.2, -0.15) is 0 Å². The minimum Gasteiger partial charge on any atom is -0.392 e. The number of likely N-dealkylation sites (tertiary alicyclic amines) is 1. The average molecular weight is 416 g/mol. The van der Waals surface area contributed by atoms with Crippen LogP contribution in [0.5, 0.6) is 0 Å². The van der Waals surface area contributed by atoms with Gasteiger partial charge in [-0.1, -0.05) is 30.3 Å². The van der Waals surface area contributed by atoms with Crippen molar-refractivity contribution in [3.8, 4) is 0 Å². The predicted molar refractivity (Wildman–Crippen MR) is 119 cm³/mol. The number of hydrogen-bond donors (Lipinski definition) is 2. The molecule has 1 aliphatic heterocycles. The van der Waals surface area contributed by atoms with E-state index in [1.807, 2.05) is 30.3 Å². The number of carbonyl (C=O) groups is 1. The number of aliphatic hydroxyl groups excluding tert-OH is 1. The molecule has 0 aromatic heterocycles. The molecule has 0 radical (unpaired) electrons. The first kappa shape index (κ1) is 21.6. The highest BCUT2D eigenvalue weighted by Crippen LogP contribution is 2.28. The summed E-state index contributed by atoms with van der Waals surface area (Å²) in [5.74, 6) is -0.176. The highest BCUT2D eigenvalue weighted by atomic mass is 35.5. The Morgan fingerprint density at radius 2 is 1.93 bits per heavy atom. The van der Waals surface area contributed by atoms with E-state index in [0.717, 1.165) is 31.7 Å². The fourth-order valence-electron chi connectivity index (χ4n) is 3.69. The van der Waals surface area contributed by atoms with Gasteiger partial charge in [-0.3, -0.25) is 9.69 Å². The summed E-state index contributed by atoms with van der Waals surface area (Å²) in [6.45, 7) is 4.73. The van der Waals surface area contributed by atoms with Crippen LogP contribution in [-0.2, 0) is 0 Å². The number of alkyl halides is 1. The molecular weight excluding hydrogens is 386 g/mol. The summed E-state index contributed by atoms with van der Waals surface area (Å²) in [5, 5.41) is 12.3. The van der Waals surface area contributed by atoms with Crippen LogP contribution in [0.1, 0.15) is 35.3 Å². The molecule has 1 fully saturated rings. The average Bonchev–Trinajstić information content (AvgIpc) is 3.15. The van der Waals surface area contributed by atoms with E-state index in [4.69, 9.17) is 11.6 Å². The molecule has 1 amide bonds. The SMILES string of the molecule is C[C@@H](O)CNC(=O)c1ccc(N(C)[C@H](CN2CC[C@H](Cl)C2)c2ccccc2)cc1. The summed E-state index contributed by atoms with van der Waals surface area (Å²) >= 11 is 6.32. The lowest BCUT2D eigenvalue weighted by Gasteiger charge is -2.33. The molecule has 2 N–H and O–H groups in total. The molecule has 156 valence electrons. The van der Waals surface area contributed by atoms with Gasteiger partial charge >= 0.3 is 0 Å². The lowest BCUT2D eigenvalue weighted by molar-refractivity contribution is 0.0924. The number of aliphatic hydroxyl groups is 1. The number of halogens is 1. The van der Waals surface area contributed by atoms with Crippen LogP contribution in [0.4, 0.5) is 5.69 Å². The van der Waals surface area contributed by atoms with Gasteiger partial charge in [-0.05, 0) is 49.7 Å². The van der Waals surface area contributed by atoms with Crippen molar-refractivity contribution in [1.82, 2.24) is 10.2 Å². The van der Waals surface area contributed by atoms with E-state index >= 15 is 0 Å². The second kappa shape index (κ2) is 10.1. The predicted octanol–water partition coefficient (Wildman–Crippen LogP) is 3.29. The van der Waals surface area contributed by atoms with Crippen LogP contribution in [-0.4, -0.2) is 60.6 Å². The Morgan fingerprint density at radius 3 is 2.52 bits per heavy atom. The minimum absolute atomic E-state index is 0.176. The standard InChI is InChI=1S/C23H30ClN3O2/c1-17(28)14-25-23(29)19-8-10-21(11-9-19)26(2)22(18-6-4-3-5-7-18)16-27-13-12-20(24)15-27/h3-11,17,20,22,28H,12-16H2,1-2H3,(H,25,29)/t17-,20+,22-/m1/s1. The molecule has 3 atom stereocenters. The van der Waals surface area contributed by atoms with Crippen molar-refractivity contribution >= 4 is 23.2 Å². The Kier molecular flexibility index (Phi) is 7.53. The first-order valence-electron chi connectivity index (χ1n) is 10.1. The van der Waals surface area contributed by atoms with E-state index in [1.165, 1.54) is 5.56 Å². The van der Waals surface area contributed by atoms with E-state index in [2.05, 4.69) is 46.4 Å². The first-order chi connectivity index (χ1) is 13.9. The lowest BCUT2D eigenvalue weighted by Crippen LogP contribution is -2.35. The van der Waals surface area contributed by atoms with Gasteiger partial charge in [-0.25, -0.2) is 0 Å². The molecule has 3 rings (SSSR count). The molecule has 0 bridgehead atoms. The van der Waals surface area contributed by atoms with Gasteiger partial charge in [0.05, 0.1) is 12.1 Å². The second-order valence-corrected chi connectivity index (χ2v) is 8.41. The topological polar surface area (TPSA) is 55.8 Å². The van der Waals surface area contributed by atoms with Gasteiger partial charge in [0, 0.05) is 43.3 Å². The van der Waals surface area contributed by atoms with Crippen LogP contribution in [0.3, 0.4) is 0 Å². The number of rotatable bonds is 8. The monoisotopic (exact) mass is 415 g/mol. The number of anilines is 1. The Labute approximate surface area is 178 Å². The lowest BCUT2D eigenvalue weighted by atomic mass is 10.0. The molecule has 29 heavy (non-hydrogen) atoms. The third kappa shape index (κ3) is 5.95. The molecule has 0 spiro atoms. The van der Waals surface area contributed by atoms with Crippen molar-refractivity contribution in [1.29, 1.82) is 0 Å². The van der Waals surface area contributed by atoms with Crippen LogP contribution in [0, 0.1) is 0 Å². The minimum atomic E-state index is -0.561. The molecule has 0 saturated carbocycles. The molecular formula is C23H30ClN3O2. The van der Waals surface area contributed by atoms with Crippen molar-refractivity contribution in [2.45, 2.75) is 30.9 Å². The maximum absolute atomic E-state index is 12.2. The summed E-state index contributed by atoms with van der Waals surface area (Å²) in [6.07, 6.45) is 0.470. The van der Waals surface area contributed by atoms with E-state index in [1.54, 1.807) is 6.92 Å². The molecule has 1 saturated heterocycles. The summed E-state index contributed by atoms with van der Waals surface area (Å²) in [5.41, 5.74) is 2.89. The first-order valence-corrected chi connectivity index (χ1v) is 10.6. The van der Waals surface area contributed by atoms with Crippen molar-refractivity contribution in [3.05, 3.63) is 65.7 Å². The Balaban J connectivity index is 1.74. The van der Waals surface area contributed by atoms with E-state index in [-0.39, 0.29) is 23.9 Å². The smallest absolute Gasteiger partial charge is 0.251 e. The van der Waals surface area contributed by atoms with Crippen molar-refractivity contribution in [2.75, 3.05) is 38.1 Å². The second-order valence-electron chi connectivity index (χ2n) is 7.79. The summed E-state index contributed by atoms with van der Waals surface area (Å²) in [7, 11) is 2.09. The fraction of sp³-hybridized carbons (Fsp3) is 0.435. The van der Waals surface area contributed by atoms with Crippen molar-refractivity contribution < 1.29 is 9.90 Å². The van der Waals surface area contributed by atoms with Gasteiger partial charge in [0.25, 0.3) is 5.91 Å². The van der Waals surface area contributed by atoms with Crippen molar-refractivity contribution in [3.63, 3.8) is 0 Å². The third-order valence-electron chi connectivity index (χ3n) is 5.39. The number of likely N-dealkylation sites (N-methyl/N-ethyl adjacent to an activating group) is 1. The maximum atomic E-state index is 12.2. The summed E-state index contributed by atoms with van der Waals surface area (Å²) in [4.78, 5) is 16.9. The number of amides is 1. The van der Waals surface area contributed by atoms with Gasteiger partial charge in [0.15, 0.2) is 0 Å². The molecule has 1 heterocycles. The molecule has 0 aliphatic carbocycles.